The zero-order valence-electron chi connectivity index (χ0n) is 16.7. The van der Waals surface area contributed by atoms with Gasteiger partial charge in [0.1, 0.15) is 0 Å². The largest absolute Gasteiger partial charge is 0.453 e. The molecule has 2 bridgehead atoms. The van der Waals surface area contributed by atoms with Gasteiger partial charge in [-0.1, -0.05) is 6.42 Å². The van der Waals surface area contributed by atoms with Crippen molar-refractivity contribution in [3.05, 3.63) is 22.8 Å². The van der Waals surface area contributed by atoms with Crippen molar-refractivity contribution >= 4 is 11.7 Å². The second-order valence-corrected chi connectivity index (χ2v) is 8.48. The minimum absolute atomic E-state index is 0.0402. The second-order valence-electron chi connectivity index (χ2n) is 8.48. The van der Waals surface area contributed by atoms with Crippen molar-refractivity contribution < 1.29 is 18.0 Å². The maximum atomic E-state index is 12.9. The van der Waals surface area contributed by atoms with Crippen LogP contribution in [0.5, 0.6) is 0 Å². The van der Waals surface area contributed by atoms with Crippen LogP contribution in [0.2, 0.25) is 0 Å². The van der Waals surface area contributed by atoms with E-state index in [0.717, 1.165) is 34.3 Å². The Balaban J connectivity index is 1.34. The molecule has 3 atom stereocenters. The maximum Gasteiger partial charge on any atom is 0.453 e. The first kappa shape index (κ1) is 20.1. The molecule has 2 heterocycles. The molecule has 29 heavy (non-hydrogen) atoms. The molecule has 2 saturated carbocycles. The molecular weight excluding hydrogens is 383 g/mol. The van der Waals surface area contributed by atoms with Crippen molar-refractivity contribution in [2.24, 2.45) is 17.8 Å². The van der Waals surface area contributed by atoms with Gasteiger partial charge < -0.3 is 5.32 Å². The molecule has 2 aromatic heterocycles. The third-order valence-electron chi connectivity index (χ3n) is 6.63. The van der Waals surface area contributed by atoms with Crippen LogP contribution in [-0.4, -0.2) is 32.0 Å². The number of amides is 1. The second kappa shape index (κ2) is 7.57. The molecule has 4 rings (SSSR count). The zero-order chi connectivity index (χ0) is 20.8. The van der Waals surface area contributed by atoms with Crippen LogP contribution in [0.4, 0.5) is 13.2 Å². The number of carbonyl (C=O) groups is 1. The number of aryl methyl sites for hydroxylation is 2. The van der Waals surface area contributed by atoms with E-state index in [4.69, 9.17) is 0 Å². The van der Waals surface area contributed by atoms with Crippen molar-refractivity contribution in [2.75, 3.05) is 6.54 Å². The summed E-state index contributed by atoms with van der Waals surface area (Å²) in [6.07, 6.45) is 2.49. The average molecular weight is 409 g/mol. The molecule has 1 N–H and O–H groups in total. The first-order chi connectivity index (χ1) is 13.7. The number of alkyl halides is 3. The Hall–Kier alpha value is -2.19. The molecule has 2 aliphatic rings. The maximum absolute atomic E-state index is 12.9. The van der Waals surface area contributed by atoms with Gasteiger partial charge in [-0.05, 0) is 69.3 Å². The Labute approximate surface area is 167 Å². The summed E-state index contributed by atoms with van der Waals surface area (Å²) in [4.78, 5) is 19.9. The molecule has 0 spiro atoms. The van der Waals surface area contributed by atoms with Gasteiger partial charge in [0.15, 0.2) is 0 Å². The molecule has 158 valence electrons. The number of carbonyl (C=O) groups excluding carboxylic acids is 1. The summed E-state index contributed by atoms with van der Waals surface area (Å²) < 4.78 is 39.7. The van der Waals surface area contributed by atoms with E-state index in [1.165, 1.54) is 25.7 Å². The lowest BCUT2D eigenvalue weighted by molar-refractivity contribution is -0.144. The third-order valence-corrected chi connectivity index (χ3v) is 6.63. The highest BCUT2D eigenvalue weighted by molar-refractivity contribution is 5.76. The number of hydrogen-bond acceptors (Lipinski definition) is 4. The van der Waals surface area contributed by atoms with Crippen molar-refractivity contribution in [3.8, 4) is 0 Å². The van der Waals surface area contributed by atoms with Crippen molar-refractivity contribution in [3.63, 3.8) is 0 Å². The highest BCUT2D eigenvalue weighted by atomic mass is 19.4. The van der Waals surface area contributed by atoms with Gasteiger partial charge >= 0.3 is 6.18 Å². The fourth-order valence-electron chi connectivity index (χ4n) is 5.14. The summed E-state index contributed by atoms with van der Waals surface area (Å²) in [5.74, 6) is 1.18. The number of halogens is 3. The van der Waals surface area contributed by atoms with Crippen molar-refractivity contribution in [1.82, 2.24) is 24.9 Å². The Kier molecular flexibility index (Phi) is 5.25. The van der Waals surface area contributed by atoms with Crippen LogP contribution in [0, 0.1) is 31.6 Å². The Morgan fingerprint density at radius 1 is 1.21 bits per heavy atom. The number of hydrogen-bond donors (Lipinski definition) is 1. The molecule has 6 nitrogen and oxygen atoms in total. The van der Waals surface area contributed by atoms with E-state index < -0.39 is 12.0 Å². The summed E-state index contributed by atoms with van der Waals surface area (Å²) in [5, 5.41) is 6.54. The van der Waals surface area contributed by atoms with E-state index >= 15 is 0 Å². The molecule has 2 aliphatic carbocycles. The monoisotopic (exact) mass is 409 g/mol. The van der Waals surface area contributed by atoms with Gasteiger partial charge in [-0.25, -0.2) is 9.50 Å². The predicted octanol–water partition coefficient (Wildman–Crippen LogP) is 3.64. The number of fused-ring (bicyclic) bond motifs is 3. The molecule has 2 fully saturated rings. The number of rotatable bonds is 6. The first-order valence-electron chi connectivity index (χ1n) is 10.3. The SMILES string of the molecule is Cc1nc2nc(C(F)(F)F)nn2c(C)c1CCC(=O)NCCC1CC2CCC1C2. The molecule has 2 aromatic rings. The van der Waals surface area contributed by atoms with Crippen LogP contribution in [0.25, 0.3) is 5.78 Å². The van der Waals surface area contributed by atoms with Crippen LogP contribution >= 0.6 is 0 Å². The summed E-state index contributed by atoms with van der Waals surface area (Å²) in [5.41, 5.74) is 1.84. The van der Waals surface area contributed by atoms with Gasteiger partial charge in [-0.3, -0.25) is 4.79 Å². The van der Waals surface area contributed by atoms with Crippen LogP contribution < -0.4 is 5.32 Å². The normalized spacial score (nSPS) is 23.8. The van der Waals surface area contributed by atoms with Gasteiger partial charge in [-0.2, -0.15) is 18.2 Å². The number of nitrogens with zero attached hydrogens (tertiary/aromatic N) is 4. The quantitative estimate of drug-likeness (QED) is 0.791. The Morgan fingerprint density at radius 3 is 2.66 bits per heavy atom. The molecular formula is C20H26F3N5O. The lowest BCUT2D eigenvalue weighted by atomic mass is 9.86. The summed E-state index contributed by atoms with van der Waals surface area (Å²) in [7, 11) is 0. The van der Waals surface area contributed by atoms with Crippen LogP contribution in [0.1, 0.15) is 61.3 Å². The van der Waals surface area contributed by atoms with Crippen molar-refractivity contribution in [1.29, 1.82) is 0 Å². The van der Waals surface area contributed by atoms with Gasteiger partial charge in [0.2, 0.25) is 5.91 Å². The zero-order valence-corrected chi connectivity index (χ0v) is 16.7. The van der Waals surface area contributed by atoms with E-state index in [9.17, 15) is 18.0 Å². The highest BCUT2D eigenvalue weighted by Crippen LogP contribution is 2.49. The lowest BCUT2D eigenvalue weighted by Crippen LogP contribution is -2.27. The van der Waals surface area contributed by atoms with E-state index in [-0.39, 0.29) is 18.1 Å². The van der Waals surface area contributed by atoms with Gasteiger partial charge in [0.25, 0.3) is 11.6 Å². The van der Waals surface area contributed by atoms with Gasteiger partial charge in [0, 0.05) is 24.4 Å². The minimum atomic E-state index is -4.62. The number of nitrogens with one attached hydrogen (secondary N) is 1. The molecule has 0 radical (unpaired) electrons. The standard InChI is InChI=1S/C20H26F3N5O/c1-11-16(12(2)28-19(25-11)26-18(27-28)20(21,22)23)5-6-17(29)24-8-7-15-10-13-3-4-14(15)9-13/h13-15H,3-10H2,1-2H3,(H,24,29). The van der Waals surface area contributed by atoms with E-state index in [1.807, 2.05) is 0 Å². The average Bonchev–Trinajstić information content (AvgIpc) is 3.36. The summed E-state index contributed by atoms with van der Waals surface area (Å²) in [6.45, 7) is 4.09. The van der Waals surface area contributed by atoms with Gasteiger partial charge in [0.05, 0.1) is 0 Å². The number of aromatic nitrogens is 4. The molecule has 3 unspecified atom stereocenters. The molecule has 0 saturated heterocycles. The molecule has 0 aromatic carbocycles. The lowest BCUT2D eigenvalue weighted by Gasteiger charge is -2.21. The molecule has 1 amide bonds. The molecule has 9 heteroatoms. The third kappa shape index (κ3) is 4.09. The van der Waals surface area contributed by atoms with E-state index in [1.54, 1.807) is 13.8 Å². The summed E-state index contributed by atoms with van der Waals surface area (Å²) in [6, 6.07) is 0. The van der Waals surface area contributed by atoms with Crippen LogP contribution in [0.3, 0.4) is 0 Å². The molecule has 0 aliphatic heterocycles. The fourth-order valence-corrected chi connectivity index (χ4v) is 5.14. The minimum Gasteiger partial charge on any atom is -0.356 e. The van der Waals surface area contributed by atoms with E-state index in [2.05, 4.69) is 20.4 Å². The highest BCUT2D eigenvalue weighted by Gasteiger charge is 2.39. The Morgan fingerprint density at radius 2 is 2.00 bits per heavy atom. The predicted molar refractivity (Wildman–Crippen MR) is 100 cm³/mol. The smallest absolute Gasteiger partial charge is 0.356 e. The topological polar surface area (TPSA) is 72.2 Å². The van der Waals surface area contributed by atoms with E-state index in [0.29, 0.717) is 24.4 Å². The van der Waals surface area contributed by atoms with Gasteiger partial charge in [-0.15, -0.1) is 5.10 Å². The van der Waals surface area contributed by atoms with Crippen LogP contribution in [-0.2, 0) is 17.4 Å². The van der Waals surface area contributed by atoms with Crippen molar-refractivity contribution in [2.45, 2.75) is 65.0 Å². The first-order valence-corrected chi connectivity index (χ1v) is 10.3. The summed E-state index contributed by atoms with van der Waals surface area (Å²) >= 11 is 0. The Bertz CT molecular complexity index is 923. The fraction of sp³-hybridized carbons (Fsp3) is 0.700. The van der Waals surface area contributed by atoms with Crippen LogP contribution in [0.15, 0.2) is 0 Å².